The zero-order valence-electron chi connectivity index (χ0n) is 27.6. The second-order valence-electron chi connectivity index (χ2n) is 11.8. The van der Waals surface area contributed by atoms with Gasteiger partial charge in [0.15, 0.2) is 4.80 Å². The number of aromatic nitrogens is 3. The van der Waals surface area contributed by atoms with Gasteiger partial charge in [0.1, 0.15) is 6.61 Å². The number of para-hydroxylation sites is 1. The third-order valence-corrected chi connectivity index (χ3v) is 9.46. The highest BCUT2D eigenvalue weighted by Gasteiger charge is 2.33. The Morgan fingerprint density at radius 3 is 2.22 bits per heavy atom. The molecule has 6 aromatic rings. The highest BCUT2D eigenvalue weighted by Crippen LogP contribution is 2.31. The molecule has 50 heavy (non-hydrogen) atoms. The number of fused-ring (bicyclic) bond motifs is 1. The molecule has 0 spiro atoms. The molecule has 0 bridgehead atoms. The monoisotopic (exact) mass is 680 g/mol. The fourth-order valence-electron chi connectivity index (χ4n) is 5.90. The summed E-state index contributed by atoms with van der Waals surface area (Å²) in [5, 5.41) is 4.92. The first kappa shape index (κ1) is 32.4. The predicted octanol–water partition coefficient (Wildman–Crippen LogP) is 5.93. The van der Waals surface area contributed by atoms with Crippen molar-refractivity contribution in [1.29, 1.82) is 0 Å². The lowest BCUT2D eigenvalue weighted by Gasteiger charge is -2.25. The normalized spacial score (nSPS) is 14.2. The summed E-state index contributed by atoms with van der Waals surface area (Å²) in [4.78, 5) is 45.7. The van der Waals surface area contributed by atoms with Crippen LogP contribution in [0.25, 0.3) is 23.0 Å². The van der Waals surface area contributed by atoms with E-state index in [-0.39, 0.29) is 17.7 Å². The van der Waals surface area contributed by atoms with Gasteiger partial charge in [0.05, 0.1) is 45.9 Å². The van der Waals surface area contributed by atoms with Crippen LogP contribution in [0.15, 0.2) is 136 Å². The number of carbonyl (C=O) groups is 2. The van der Waals surface area contributed by atoms with Gasteiger partial charge in [-0.25, -0.2) is 19.3 Å². The molecule has 0 N–H and O–H groups in total. The Bertz CT molecular complexity index is 2430. The van der Waals surface area contributed by atoms with Crippen molar-refractivity contribution in [3.05, 3.63) is 174 Å². The minimum Gasteiger partial charge on any atom is -0.465 e. The first-order valence-corrected chi connectivity index (χ1v) is 16.8. The maximum absolute atomic E-state index is 14.5. The van der Waals surface area contributed by atoms with E-state index < -0.39 is 18.0 Å². The third kappa shape index (κ3) is 6.36. The first-order chi connectivity index (χ1) is 24.3. The van der Waals surface area contributed by atoms with Crippen LogP contribution in [0.4, 0.5) is 0 Å². The number of rotatable bonds is 8. The molecule has 4 aromatic carbocycles. The molecule has 0 fully saturated rings. The maximum Gasteiger partial charge on any atom is 0.338 e. The first-order valence-electron chi connectivity index (χ1n) is 15.9. The van der Waals surface area contributed by atoms with Crippen LogP contribution < -0.4 is 14.9 Å². The van der Waals surface area contributed by atoms with Crippen molar-refractivity contribution in [2.45, 2.75) is 26.5 Å². The van der Waals surface area contributed by atoms with Gasteiger partial charge in [-0.05, 0) is 55.3 Å². The van der Waals surface area contributed by atoms with Crippen LogP contribution in [-0.4, -0.2) is 33.4 Å². The van der Waals surface area contributed by atoms with Crippen molar-refractivity contribution in [3.8, 4) is 16.9 Å². The number of methoxy groups -OCH3 is 1. The molecule has 0 saturated carbocycles. The zero-order valence-corrected chi connectivity index (χ0v) is 28.4. The lowest BCUT2D eigenvalue weighted by molar-refractivity contribution is -0.140. The lowest BCUT2D eigenvalue weighted by atomic mass is 9.95. The Morgan fingerprint density at radius 1 is 0.860 bits per heavy atom. The summed E-state index contributed by atoms with van der Waals surface area (Å²) in [6, 6.07) is 33.1. The largest absolute Gasteiger partial charge is 0.465 e. The average Bonchev–Trinajstić information content (AvgIpc) is 3.71. The fourth-order valence-corrected chi connectivity index (χ4v) is 6.94. The molecule has 0 radical (unpaired) electrons. The van der Waals surface area contributed by atoms with Crippen LogP contribution in [0, 0.1) is 6.92 Å². The van der Waals surface area contributed by atoms with E-state index in [4.69, 9.17) is 19.6 Å². The highest BCUT2D eigenvalue weighted by molar-refractivity contribution is 7.07. The highest BCUT2D eigenvalue weighted by atomic mass is 32.1. The molecule has 2 aromatic heterocycles. The second-order valence-corrected chi connectivity index (χ2v) is 12.8. The molecule has 3 heterocycles. The molecule has 0 aliphatic carbocycles. The van der Waals surface area contributed by atoms with E-state index in [1.165, 1.54) is 23.0 Å². The van der Waals surface area contributed by atoms with Crippen LogP contribution in [0.3, 0.4) is 0 Å². The number of allylic oxidation sites excluding steroid dienone is 1. The van der Waals surface area contributed by atoms with E-state index in [1.54, 1.807) is 35.9 Å². The molecule has 0 saturated heterocycles. The molecule has 0 amide bonds. The smallest absolute Gasteiger partial charge is 0.338 e. The van der Waals surface area contributed by atoms with Gasteiger partial charge in [-0.1, -0.05) is 102 Å². The molecule has 1 aliphatic rings. The number of carbonyl (C=O) groups excluding carboxylic acids is 2. The van der Waals surface area contributed by atoms with E-state index in [1.807, 2.05) is 104 Å². The number of nitrogens with zero attached hydrogens (tertiary/aromatic N) is 4. The zero-order chi connectivity index (χ0) is 34.8. The summed E-state index contributed by atoms with van der Waals surface area (Å²) in [6.45, 7) is 3.83. The Hall–Kier alpha value is -6.13. The molecule has 10 heteroatoms. The predicted molar refractivity (Wildman–Crippen MR) is 192 cm³/mol. The Morgan fingerprint density at radius 2 is 1.54 bits per heavy atom. The van der Waals surface area contributed by atoms with E-state index in [2.05, 4.69) is 0 Å². The topological polar surface area (TPSA) is 105 Å². The van der Waals surface area contributed by atoms with Gasteiger partial charge >= 0.3 is 11.9 Å². The van der Waals surface area contributed by atoms with Crippen molar-refractivity contribution in [2.75, 3.05) is 7.11 Å². The van der Waals surface area contributed by atoms with Crippen molar-refractivity contribution in [3.63, 3.8) is 0 Å². The molecule has 1 atom stereocenters. The Kier molecular flexibility index (Phi) is 8.93. The maximum atomic E-state index is 14.5. The second kappa shape index (κ2) is 13.8. The van der Waals surface area contributed by atoms with E-state index in [0.717, 1.165) is 33.6 Å². The van der Waals surface area contributed by atoms with E-state index in [9.17, 15) is 14.4 Å². The number of benzene rings is 4. The standard InChI is InChI=1S/C40H32N4O5S/c1-25-14-16-28(17-15-25)35-31(23-43(42-35)32-12-8-5-9-13-32)22-33-37(45)44-36(29-18-20-30(21-19-29)38(46)48-3)34(26(2)41-40(44)50-33)39(47)49-24-27-10-6-4-7-11-27/h4-23,36H,24H2,1-3H3. The fraction of sp³-hybridized carbons (Fsp3) is 0.125. The summed E-state index contributed by atoms with van der Waals surface area (Å²) in [5.41, 5.74) is 6.53. The number of aryl methyl sites for hydroxylation is 1. The number of hydrogen-bond donors (Lipinski definition) is 0. The molecule has 1 aliphatic heterocycles. The number of ether oxygens (including phenoxy) is 2. The summed E-state index contributed by atoms with van der Waals surface area (Å²) in [5.74, 6) is -1.08. The summed E-state index contributed by atoms with van der Waals surface area (Å²) >= 11 is 1.24. The van der Waals surface area contributed by atoms with Crippen molar-refractivity contribution in [2.24, 2.45) is 4.99 Å². The summed E-state index contributed by atoms with van der Waals surface area (Å²) in [7, 11) is 1.31. The minimum absolute atomic E-state index is 0.0576. The van der Waals surface area contributed by atoms with Crippen molar-refractivity contribution >= 4 is 29.4 Å². The van der Waals surface area contributed by atoms with Gasteiger partial charge in [-0.15, -0.1) is 0 Å². The number of thiazole rings is 1. The van der Waals surface area contributed by atoms with E-state index in [0.29, 0.717) is 26.2 Å². The number of hydrogen-bond acceptors (Lipinski definition) is 8. The SMILES string of the molecule is COC(=O)c1ccc(C2C(C(=O)OCc3ccccc3)=C(C)N=c3sc(=Cc4cn(-c5ccccc5)nc4-c4ccc(C)cc4)c(=O)n32)cc1. The summed E-state index contributed by atoms with van der Waals surface area (Å²) in [6.07, 6.45) is 3.74. The molecular formula is C40H32N4O5S. The van der Waals surface area contributed by atoms with Crippen LogP contribution in [0.1, 0.15) is 45.6 Å². The average molecular weight is 681 g/mol. The third-order valence-electron chi connectivity index (χ3n) is 8.48. The van der Waals surface area contributed by atoms with Gasteiger partial charge in [0.25, 0.3) is 5.56 Å². The van der Waals surface area contributed by atoms with Gasteiger partial charge < -0.3 is 9.47 Å². The minimum atomic E-state index is -0.855. The van der Waals surface area contributed by atoms with Gasteiger partial charge in [0.2, 0.25) is 0 Å². The van der Waals surface area contributed by atoms with Crippen molar-refractivity contribution < 1.29 is 19.1 Å². The molecular weight excluding hydrogens is 649 g/mol. The van der Waals surface area contributed by atoms with Crippen LogP contribution in [0.2, 0.25) is 0 Å². The quantitative estimate of drug-likeness (QED) is 0.185. The van der Waals surface area contributed by atoms with Crippen LogP contribution >= 0.6 is 11.3 Å². The lowest BCUT2D eigenvalue weighted by Crippen LogP contribution is -2.39. The van der Waals surface area contributed by atoms with Crippen molar-refractivity contribution in [1.82, 2.24) is 14.3 Å². The molecule has 7 rings (SSSR count). The van der Waals surface area contributed by atoms with Gasteiger partial charge in [-0.3, -0.25) is 9.36 Å². The van der Waals surface area contributed by atoms with Gasteiger partial charge in [-0.2, -0.15) is 5.10 Å². The molecule has 248 valence electrons. The van der Waals surface area contributed by atoms with Crippen LogP contribution in [0.5, 0.6) is 0 Å². The Labute approximate surface area is 291 Å². The Balaban J connectivity index is 1.36. The molecule has 9 nitrogen and oxygen atoms in total. The number of esters is 2. The van der Waals surface area contributed by atoms with Crippen LogP contribution in [-0.2, 0) is 20.9 Å². The van der Waals surface area contributed by atoms with E-state index >= 15 is 0 Å². The summed E-state index contributed by atoms with van der Waals surface area (Å²) < 4.78 is 14.4. The van der Waals surface area contributed by atoms with Gasteiger partial charge in [0, 0.05) is 17.3 Å². The molecule has 1 unspecified atom stereocenters.